The number of hydrogen-bond donors (Lipinski definition) is 2. The summed E-state index contributed by atoms with van der Waals surface area (Å²) < 4.78 is 5.14. The lowest BCUT2D eigenvalue weighted by molar-refractivity contribution is 0.256. The zero-order chi connectivity index (χ0) is 16.7. The fraction of sp³-hybridized carbons (Fsp3) is 0.444. The van der Waals surface area contributed by atoms with Crippen LogP contribution < -0.4 is 15.8 Å². The van der Waals surface area contributed by atoms with Crippen LogP contribution in [0.3, 0.4) is 0 Å². The van der Waals surface area contributed by atoms with Crippen LogP contribution in [0.4, 0.5) is 4.79 Å². The van der Waals surface area contributed by atoms with Crippen molar-refractivity contribution in [3.63, 3.8) is 0 Å². The van der Waals surface area contributed by atoms with Crippen molar-refractivity contribution in [3.8, 4) is 5.75 Å². The average Bonchev–Trinajstić information content (AvgIpc) is 2.55. The lowest BCUT2D eigenvalue weighted by Crippen LogP contribution is -2.37. The molecule has 1 aliphatic rings. The summed E-state index contributed by atoms with van der Waals surface area (Å²) in [6.07, 6.45) is 8.28. The smallest absolute Gasteiger partial charge is 0.340 e. The monoisotopic (exact) mass is 351 g/mol. The Kier molecular flexibility index (Phi) is 8.33. The van der Waals surface area contributed by atoms with Crippen LogP contribution >= 0.6 is 12.4 Å². The summed E-state index contributed by atoms with van der Waals surface area (Å²) in [5.41, 5.74) is 6.21. The molecule has 6 heteroatoms. The number of nitrogens with one attached hydrogen (secondary N) is 1. The van der Waals surface area contributed by atoms with E-state index in [1.807, 2.05) is 30.3 Å². The molecule has 0 heterocycles. The molecule has 1 aromatic carbocycles. The van der Waals surface area contributed by atoms with Gasteiger partial charge in [-0.15, -0.1) is 12.4 Å². The molecule has 0 unspecified atom stereocenters. The highest BCUT2D eigenvalue weighted by Crippen LogP contribution is 2.23. The molecule has 0 aliphatic heterocycles. The zero-order valence-corrected chi connectivity index (χ0v) is 15.0. The van der Waals surface area contributed by atoms with Crippen LogP contribution in [0.15, 0.2) is 35.3 Å². The largest absolute Gasteiger partial charge is 0.497 e. The van der Waals surface area contributed by atoms with Gasteiger partial charge in [-0.1, -0.05) is 25.1 Å². The number of primary amides is 1. The van der Waals surface area contributed by atoms with Gasteiger partial charge in [0.15, 0.2) is 0 Å². The highest BCUT2D eigenvalue weighted by molar-refractivity contribution is 6.02. The van der Waals surface area contributed by atoms with Gasteiger partial charge in [-0.3, -0.25) is 0 Å². The molecule has 0 radical (unpaired) electrons. The van der Waals surface area contributed by atoms with Crippen LogP contribution in [0.2, 0.25) is 0 Å². The number of carbonyl (C=O) groups is 1. The number of halogens is 1. The lowest BCUT2D eigenvalue weighted by atomic mass is 9.87. The Morgan fingerprint density at radius 1 is 1.25 bits per heavy atom. The molecule has 5 nitrogen and oxygen atoms in total. The molecule has 0 atom stereocenters. The molecule has 0 aromatic heterocycles. The molecule has 0 saturated heterocycles. The quantitative estimate of drug-likeness (QED) is 0.640. The van der Waals surface area contributed by atoms with Crippen LogP contribution in [0.25, 0.3) is 6.08 Å². The van der Waals surface area contributed by atoms with Crippen molar-refractivity contribution in [2.75, 3.05) is 7.11 Å². The number of benzene rings is 1. The maximum absolute atomic E-state index is 11.1. The third kappa shape index (κ3) is 6.62. The van der Waals surface area contributed by atoms with E-state index in [-0.39, 0.29) is 12.4 Å². The van der Waals surface area contributed by atoms with Gasteiger partial charge in [0.2, 0.25) is 0 Å². The number of rotatable bonds is 4. The normalized spacial score (nSPS) is 21.2. The first-order valence-corrected chi connectivity index (χ1v) is 8.03. The van der Waals surface area contributed by atoms with Crippen LogP contribution in [-0.4, -0.2) is 25.0 Å². The fourth-order valence-electron chi connectivity index (χ4n) is 2.74. The van der Waals surface area contributed by atoms with E-state index in [9.17, 15) is 4.79 Å². The van der Waals surface area contributed by atoms with E-state index in [2.05, 4.69) is 17.2 Å². The second-order valence-electron chi connectivity index (χ2n) is 6.04. The van der Waals surface area contributed by atoms with Gasteiger partial charge in [-0.2, -0.15) is 4.99 Å². The van der Waals surface area contributed by atoms with Gasteiger partial charge in [-0.25, -0.2) is 4.79 Å². The first-order valence-electron chi connectivity index (χ1n) is 8.03. The Hall–Kier alpha value is -2.01. The molecule has 2 rings (SSSR count). The Balaban J connectivity index is 0.00000288. The minimum atomic E-state index is -0.684. The van der Waals surface area contributed by atoms with Crippen LogP contribution in [0.1, 0.15) is 38.2 Å². The molecule has 2 amide bonds. The molecule has 1 aliphatic carbocycles. The lowest BCUT2D eigenvalue weighted by Gasteiger charge is -2.27. The predicted octanol–water partition coefficient (Wildman–Crippen LogP) is 3.78. The van der Waals surface area contributed by atoms with Gasteiger partial charge in [0.05, 0.1) is 7.11 Å². The molecule has 0 spiro atoms. The number of aliphatic imine (C=N–C) groups is 1. The molecular formula is C18H26ClN3O2. The van der Waals surface area contributed by atoms with Gasteiger partial charge in [0, 0.05) is 6.04 Å². The Morgan fingerprint density at radius 3 is 2.42 bits per heavy atom. The second kappa shape index (κ2) is 9.98. The number of urea groups is 1. The predicted molar refractivity (Wildman–Crippen MR) is 101 cm³/mol. The maximum Gasteiger partial charge on any atom is 0.340 e. The molecule has 0 bridgehead atoms. The average molecular weight is 352 g/mol. The summed E-state index contributed by atoms with van der Waals surface area (Å²) in [5, 5.41) is 3.34. The Morgan fingerprint density at radius 2 is 1.88 bits per heavy atom. The third-order valence-electron chi connectivity index (χ3n) is 4.15. The van der Waals surface area contributed by atoms with Gasteiger partial charge in [0.1, 0.15) is 11.6 Å². The summed E-state index contributed by atoms with van der Waals surface area (Å²) in [4.78, 5) is 15.0. The SMILES string of the molecule is COc1ccc(/C=C/C(=N\C(N)=O)NC2CCC(C)CC2)cc1.Cl. The van der Waals surface area contributed by atoms with Crippen molar-refractivity contribution >= 4 is 30.3 Å². The van der Waals surface area contributed by atoms with E-state index >= 15 is 0 Å². The molecule has 1 saturated carbocycles. The maximum atomic E-state index is 11.1. The molecular weight excluding hydrogens is 326 g/mol. The number of ether oxygens (including phenoxy) is 1. The summed E-state index contributed by atoms with van der Waals surface area (Å²) in [7, 11) is 1.64. The Labute approximate surface area is 149 Å². The molecule has 1 fully saturated rings. The van der Waals surface area contributed by atoms with Crippen LogP contribution in [-0.2, 0) is 0 Å². The first-order chi connectivity index (χ1) is 11.1. The van der Waals surface area contributed by atoms with E-state index < -0.39 is 6.03 Å². The van der Waals surface area contributed by atoms with E-state index in [0.717, 1.165) is 30.1 Å². The molecule has 3 N–H and O–H groups in total. The number of amides is 2. The fourth-order valence-corrected chi connectivity index (χ4v) is 2.74. The van der Waals surface area contributed by atoms with Crippen molar-refractivity contribution in [1.29, 1.82) is 0 Å². The number of hydrogen-bond acceptors (Lipinski definition) is 2. The summed E-state index contributed by atoms with van der Waals surface area (Å²) in [6, 6.07) is 7.33. The standard InChI is InChI=1S/C18H25N3O2.ClH/c1-13-3-8-15(9-4-13)20-17(21-18(19)22)12-7-14-5-10-16(23-2)11-6-14;/h5-7,10-13,15H,3-4,8-9H2,1-2H3,(H3,19,20,21,22);1H/b12-7+;. The van der Waals surface area contributed by atoms with E-state index in [0.29, 0.717) is 11.9 Å². The van der Waals surface area contributed by atoms with Gasteiger partial charge in [0.25, 0.3) is 0 Å². The highest BCUT2D eigenvalue weighted by atomic mass is 35.5. The number of amidine groups is 1. The van der Waals surface area contributed by atoms with Crippen LogP contribution in [0, 0.1) is 5.92 Å². The van der Waals surface area contributed by atoms with Crippen molar-refractivity contribution < 1.29 is 9.53 Å². The van der Waals surface area contributed by atoms with E-state index in [1.165, 1.54) is 12.8 Å². The van der Waals surface area contributed by atoms with Gasteiger partial charge < -0.3 is 15.8 Å². The van der Waals surface area contributed by atoms with E-state index in [1.54, 1.807) is 13.2 Å². The van der Waals surface area contributed by atoms with Crippen molar-refractivity contribution in [3.05, 3.63) is 35.9 Å². The topological polar surface area (TPSA) is 76.7 Å². The first kappa shape index (κ1) is 20.0. The van der Waals surface area contributed by atoms with Crippen molar-refractivity contribution in [2.24, 2.45) is 16.6 Å². The highest BCUT2D eigenvalue weighted by Gasteiger charge is 2.18. The van der Waals surface area contributed by atoms with E-state index in [4.69, 9.17) is 10.5 Å². The minimum Gasteiger partial charge on any atom is -0.497 e. The molecule has 132 valence electrons. The molecule has 1 aromatic rings. The number of methoxy groups -OCH3 is 1. The summed E-state index contributed by atoms with van der Waals surface area (Å²) >= 11 is 0. The number of nitrogens with zero attached hydrogens (tertiary/aromatic N) is 1. The third-order valence-corrected chi connectivity index (χ3v) is 4.15. The van der Waals surface area contributed by atoms with Gasteiger partial charge in [-0.05, 0) is 55.4 Å². The Bertz CT molecular complexity index is 576. The second-order valence-corrected chi connectivity index (χ2v) is 6.04. The summed E-state index contributed by atoms with van der Waals surface area (Å²) in [6.45, 7) is 2.28. The van der Waals surface area contributed by atoms with Crippen LogP contribution in [0.5, 0.6) is 5.75 Å². The minimum absolute atomic E-state index is 0. The number of nitrogens with two attached hydrogens (primary N) is 1. The van der Waals surface area contributed by atoms with Crippen molar-refractivity contribution in [1.82, 2.24) is 5.32 Å². The number of carbonyl (C=O) groups excluding carboxylic acids is 1. The van der Waals surface area contributed by atoms with Gasteiger partial charge >= 0.3 is 6.03 Å². The molecule has 24 heavy (non-hydrogen) atoms. The zero-order valence-electron chi connectivity index (χ0n) is 14.2. The summed E-state index contributed by atoms with van der Waals surface area (Å²) in [5.74, 6) is 2.11. The van der Waals surface area contributed by atoms with Crippen molar-refractivity contribution in [2.45, 2.75) is 38.6 Å².